The fraction of sp³-hybridized carbons (Fsp3) is 0.478. The zero-order chi connectivity index (χ0) is 17.3. The van der Waals surface area contributed by atoms with E-state index in [1.165, 1.54) is 63.0 Å². The van der Waals surface area contributed by atoms with E-state index in [1.54, 1.807) is 0 Å². The Labute approximate surface area is 153 Å². The van der Waals surface area contributed by atoms with Gasteiger partial charge in [0.2, 0.25) is 0 Å². The van der Waals surface area contributed by atoms with Crippen molar-refractivity contribution >= 4 is 0 Å². The molecule has 0 unspecified atom stereocenters. The van der Waals surface area contributed by atoms with Crippen molar-refractivity contribution < 1.29 is 0 Å². The molecule has 1 aliphatic rings. The Morgan fingerprint density at radius 3 is 2.24 bits per heavy atom. The van der Waals surface area contributed by atoms with Crippen LogP contribution in [0, 0.1) is 0 Å². The molecule has 0 radical (unpaired) electrons. The lowest BCUT2D eigenvalue weighted by Gasteiger charge is -2.29. The molecule has 0 bridgehead atoms. The SMILES string of the molecule is C[C@H]1CN(CCCCc2ccccc2)CCCN1Cc1ccccc1. The van der Waals surface area contributed by atoms with Crippen molar-refractivity contribution in [3.8, 4) is 0 Å². The molecular weight excluding hydrogens is 304 g/mol. The van der Waals surface area contributed by atoms with Crippen LogP contribution in [0.1, 0.15) is 37.3 Å². The molecule has 0 spiro atoms. The predicted molar refractivity (Wildman–Crippen MR) is 107 cm³/mol. The van der Waals surface area contributed by atoms with Gasteiger partial charge in [0.15, 0.2) is 0 Å². The molecule has 0 N–H and O–H groups in total. The molecule has 0 aromatic heterocycles. The maximum atomic E-state index is 2.68. The summed E-state index contributed by atoms with van der Waals surface area (Å²) >= 11 is 0. The molecule has 1 aliphatic heterocycles. The second-order valence-corrected chi connectivity index (χ2v) is 7.40. The van der Waals surface area contributed by atoms with E-state index in [0.29, 0.717) is 6.04 Å². The Morgan fingerprint density at radius 1 is 0.840 bits per heavy atom. The van der Waals surface area contributed by atoms with Crippen molar-refractivity contribution in [2.75, 3.05) is 26.2 Å². The van der Waals surface area contributed by atoms with Gasteiger partial charge in [-0.2, -0.15) is 0 Å². The molecule has 1 saturated heterocycles. The number of unbranched alkanes of at least 4 members (excludes halogenated alkanes) is 1. The minimum Gasteiger partial charge on any atom is -0.302 e. The highest BCUT2D eigenvalue weighted by Crippen LogP contribution is 2.15. The molecule has 2 aromatic carbocycles. The number of nitrogens with zero attached hydrogens (tertiary/aromatic N) is 2. The van der Waals surface area contributed by atoms with Crippen LogP contribution in [-0.4, -0.2) is 42.0 Å². The quantitative estimate of drug-likeness (QED) is 0.682. The third kappa shape index (κ3) is 5.98. The minimum absolute atomic E-state index is 0.636. The van der Waals surface area contributed by atoms with Crippen molar-refractivity contribution in [3.05, 3.63) is 71.8 Å². The van der Waals surface area contributed by atoms with Crippen LogP contribution in [-0.2, 0) is 13.0 Å². The van der Waals surface area contributed by atoms with E-state index in [0.717, 1.165) is 6.54 Å². The van der Waals surface area contributed by atoms with E-state index >= 15 is 0 Å². The van der Waals surface area contributed by atoms with Crippen LogP contribution < -0.4 is 0 Å². The van der Waals surface area contributed by atoms with Gasteiger partial charge in [0.1, 0.15) is 0 Å². The summed E-state index contributed by atoms with van der Waals surface area (Å²) in [5, 5.41) is 0. The summed E-state index contributed by atoms with van der Waals surface area (Å²) in [5.74, 6) is 0. The van der Waals surface area contributed by atoms with E-state index in [-0.39, 0.29) is 0 Å². The molecule has 2 heteroatoms. The molecule has 2 nitrogen and oxygen atoms in total. The van der Waals surface area contributed by atoms with Crippen LogP contribution >= 0.6 is 0 Å². The maximum absolute atomic E-state index is 2.68. The molecule has 25 heavy (non-hydrogen) atoms. The molecule has 2 aromatic rings. The Balaban J connectivity index is 1.41. The fourth-order valence-electron chi connectivity index (χ4n) is 3.86. The molecule has 0 aliphatic carbocycles. The minimum atomic E-state index is 0.636. The van der Waals surface area contributed by atoms with Gasteiger partial charge in [0.25, 0.3) is 0 Å². The van der Waals surface area contributed by atoms with Crippen LogP contribution in [0.4, 0.5) is 0 Å². The average molecular weight is 337 g/mol. The summed E-state index contributed by atoms with van der Waals surface area (Å²) in [6, 6.07) is 22.4. The molecule has 1 heterocycles. The summed E-state index contributed by atoms with van der Waals surface area (Å²) in [6.07, 6.45) is 5.10. The Hall–Kier alpha value is -1.64. The maximum Gasteiger partial charge on any atom is 0.0237 e. The van der Waals surface area contributed by atoms with Crippen LogP contribution in [0.2, 0.25) is 0 Å². The second kappa shape index (κ2) is 9.74. The van der Waals surface area contributed by atoms with Gasteiger partial charge in [-0.05, 0) is 56.8 Å². The van der Waals surface area contributed by atoms with Gasteiger partial charge in [0.05, 0.1) is 0 Å². The average Bonchev–Trinajstić information content (AvgIpc) is 2.82. The Kier molecular flexibility index (Phi) is 7.08. The predicted octanol–water partition coefficient (Wildman–Crippen LogP) is 4.61. The zero-order valence-electron chi connectivity index (χ0n) is 15.6. The lowest BCUT2D eigenvalue weighted by atomic mass is 10.1. The summed E-state index contributed by atoms with van der Waals surface area (Å²) in [7, 11) is 0. The molecule has 3 rings (SSSR count). The number of hydrogen-bond donors (Lipinski definition) is 0. The molecule has 0 amide bonds. The largest absolute Gasteiger partial charge is 0.302 e. The summed E-state index contributed by atoms with van der Waals surface area (Å²) < 4.78 is 0. The molecule has 134 valence electrons. The second-order valence-electron chi connectivity index (χ2n) is 7.40. The van der Waals surface area contributed by atoms with E-state index in [1.807, 2.05) is 0 Å². The van der Waals surface area contributed by atoms with Crippen molar-refractivity contribution in [1.29, 1.82) is 0 Å². The van der Waals surface area contributed by atoms with Gasteiger partial charge in [-0.1, -0.05) is 60.7 Å². The summed E-state index contributed by atoms with van der Waals surface area (Å²) in [4.78, 5) is 5.33. The summed E-state index contributed by atoms with van der Waals surface area (Å²) in [6.45, 7) is 8.40. The van der Waals surface area contributed by atoms with Gasteiger partial charge >= 0.3 is 0 Å². The third-order valence-electron chi connectivity index (χ3n) is 5.33. The lowest BCUT2D eigenvalue weighted by Crippen LogP contribution is -2.38. The Bertz CT molecular complexity index is 596. The lowest BCUT2D eigenvalue weighted by molar-refractivity contribution is 0.183. The highest BCUT2D eigenvalue weighted by molar-refractivity contribution is 5.15. The van der Waals surface area contributed by atoms with Gasteiger partial charge in [-0.25, -0.2) is 0 Å². The number of rotatable bonds is 7. The molecule has 1 fully saturated rings. The molecular formula is C23H32N2. The number of benzene rings is 2. The first kappa shape index (κ1) is 18.2. The highest BCUT2D eigenvalue weighted by Gasteiger charge is 2.21. The standard InChI is InChI=1S/C23H32N2/c1-21-19-24(16-9-8-13-22-11-4-2-5-12-22)17-10-18-25(21)20-23-14-6-3-7-15-23/h2-7,11-12,14-15,21H,8-10,13,16-20H2,1H3/t21-/m0/s1. The monoisotopic (exact) mass is 336 g/mol. The van der Waals surface area contributed by atoms with Crippen LogP contribution in [0.5, 0.6) is 0 Å². The van der Waals surface area contributed by atoms with E-state index in [2.05, 4.69) is 77.4 Å². The van der Waals surface area contributed by atoms with Gasteiger partial charge in [-0.3, -0.25) is 4.90 Å². The van der Waals surface area contributed by atoms with E-state index in [4.69, 9.17) is 0 Å². The van der Waals surface area contributed by atoms with E-state index < -0.39 is 0 Å². The van der Waals surface area contributed by atoms with Gasteiger partial charge < -0.3 is 4.90 Å². The first-order valence-electron chi connectivity index (χ1n) is 9.85. The first-order chi connectivity index (χ1) is 12.3. The van der Waals surface area contributed by atoms with Crippen LogP contribution in [0.25, 0.3) is 0 Å². The smallest absolute Gasteiger partial charge is 0.0237 e. The molecule has 0 saturated carbocycles. The van der Waals surface area contributed by atoms with Gasteiger partial charge in [-0.15, -0.1) is 0 Å². The van der Waals surface area contributed by atoms with Crippen molar-refractivity contribution in [2.45, 2.75) is 45.2 Å². The topological polar surface area (TPSA) is 6.48 Å². The highest BCUT2D eigenvalue weighted by atomic mass is 15.2. The molecule has 1 atom stereocenters. The number of aryl methyl sites for hydroxylation is 1. The third-order valence-corrected chi connectivity index (χ3v) is 5.33. The van der Waals surface area contributed by atoms with Gasteiger partial charge in [0, 0.05) is 25.7 Å². The van der Waals surface area contributed by atoms with Crippen LogP contribution in [0.15, 0.2) is 60.7 Å². The fourth-order valence-corrected chi connectivity index (χ4v) is 3.86. The van der Waals surface area contributed by atoms with Crippen molar-refractivity contribution in [1.82, 2.24) is 9.80 Å². The normalized spacial score (nSPS) is 19.6. The summed E-state index contributed by atoms with van der Waals surface area (Å²) in [5.41, 5.74) is 2.91. The first-order valence-corrected chi connectivity index (χ1v) is 9.85. The Morgan fingerprint density at radius 2 is 1.52 bits per heavy atom. The zero-order valence-corrected chi connectivity index (χ0v) is 15.6. The van der Waals surface area contributed by atoms with Crippen LogP contribution in [0.3, 0.4) is 0 Å². The number of hydrogen-bond acceptors (Lipinski definition) is 2. The van der Waals surface area contributed by atoms with E-state index in [9.17, 15) is 0 Å². The van der Waals surface area contributed by atoms with Crippen molar-refractivity contribution in [2.24, 2.45) is 0 Å². The van der Waals surface area contributed by atoms with Crippen molar-refractivity contribution in [3.63, 3.8) is 0 Å².